The topological polar surface area (TPSA) is 25.8 Å². The molecular formula is C9H14N2. The van der Waals surface area contributed by atoms with Crippen molar-refractivity contribution >= 4 is 0 Å². The molecule has 0 bridgehead atoms. The van der Waals surface area contributed by atoms with Gasteiger partial charge in [0, 0.05) is 11.9 Å². The fraction of sp³-hybridized carbons (Fsp3) is 0.556. The zero-order valence-electron chi connectivity index (χ0n) is 7.39. The van der Waals surface area contributed by atoms with Crippen LogP contribution in [-0.4, -0.2) is 9.97 Å². The Balaban J connectivity index is 2.90. The average Bonchev–Trinajstić information content (AvgIpc) is 1.95. The van der Waals surface area contributed by atoms with Crippen LogP contribution in [0.2, 0.25) is 0 Å². The van der Waals surface area contributed by atoms with Crippen LogP contribution in [0.1, 0.15) is 30.4 Å². The summed E-state index contributed by atoms with van der Waals surface area (Å²) in [6.07, 6.45) is 4.18. The lowest BCUT2D eigenvalue weighted by molar-refractivity contribution is 0.869. The monoisotopic (exact) mass is 150 g/mol. The molecule has 0 aliphatic heterocycles. The number of rotatable bonds is 2. The summed E-state index contributed by atoms with van der Waals surface area (Å²) >= 11 is 0. The smallest absolute Gasteiger partial charge is 0.125 e. The molecule has 1 heterocycles. The van der Waals surface area contributed by atoms with E-state index >= 15 is 0 Å². The van der Waals surface area contributed by atoms with E-state index in [-0.39, 0.29) is 0 Å². The summed E-state index contributed by atoms with van der Waals surface area (Å²) in [6, 6.07) is 0. The molecule has 2 nitrogen and oxygen atoms in total. The Morgan fingerprint density at radius 2 is 2.09 bits per heavy atom. The van der Waals surface area contributed by atoms with Crippen molar-refractivity contribution in [3.63, 3.8) is 0 Å². The first-order valence-electron chi connectivity index (χ1n) is 4.03. The largest absolute Gasteiger partial charge is 0.241 e. The summed E-state index contributed by atoms with van der Waals surface area (Å²) in [6.45, 7) is 6.13. The predicted molar refractivity (Wildman–Crippen MR) is 45.5 cm³/mol. The van der Waals surface area contributed by atoms with Gasteiger partial charge in [0.2, 0.25) is 0 Å². The Labute approximate surface area is 67.7 Å². The Morgan fingerprint density at radius 3 is 2.64 bits per heavy atom. The van der Waals surface area contributed by atoms with E-state index in [1.165, 1.54) is 5.56 Å². The first-order valence-corrected chi connectivity index (χ1v) is 4.03. The molecule has 0 spiro atoms. The quantitative estimate of drug-likeness (QED) is 0.644. The Hall–Kier alpha value is -0.920. The number of aryl methyl sites for hydroxylation is 3. The Bertz CT molecular complexity index is 243. The summed E-state index contributed by atoms with van der Waals surface area (Å²) < 4.78 is 0. The highest BCUT2D eigenvalue weighted by Crippen LogP contribution is 2.05. The van der Waals surface area contributed by atoms with Crippen molar-refractivity contribution < 1.29 is 0 Å². The maximum absolute atomic E-state index is 4.28. The van der Waals surface area contributed by atoms with Crippen molar-refractivity contribution in [1.82, 2.24) is 9.97 Å². The van der Waals surface area contributed by atoms with Crippen LogP contribution in [0.4, 0.5) is 0 Å². The van der Waals surface area contributed by atoms with Gasteiger partial charge in [-0.1, -0.05) is 13.3 Å². The normalized spacial score (nSPS) is 10.1. The van der Waals surface area contributed by atoms with Crippen LogP contribution in [0.25, 0.3) is 0 Å². The molecule has 0 aliphatic rings. The molecule has 60 valence electrons. The lowest BCUT2D eigenvalue weighted by Gasteiger charge is -2.02. The van der Waals surface area contributed by atoms with Gasteiger partial charge < -0.3 is 0 Å². The van der Waals surface area contributed by atoms with E-state index in [0.29, 0.717) is 0 Å². The molecule has 0 saturated carbocycles. The highest BCUT2D eigenvalue weighted by Gasteiger charge is 1.98. The van der Waals surface area contributed by atoms with Crippen molar-refractivity contribution in [3.05, 3.63) is 23.3 Å². The van der Waals surface area contributed by atoms with Gasteiger partial charge in [-0.05, 0) is 25.8 Å². The number of nitrogens with zero attached hydrogens (tertiary/aromatic N) is 2. The van der Waals surface area contributed by atoms with E-state index in [0.717, 1.165) is 24.4 Å². The third-order valence-corrected chi connectivity index (χ3v) is 1.72. The zero-order chi connectivity index (χ0) is 8.27. The Kier molecular flexibility index (Phi) is 2.58. The van der Waals surface area contributed by atoms with E-state index < -0.39 is 0 Å². The van der Waals surface area contributed by atoms with Crippen molar-refractivity contribution in [2.75, 3.05) is 0 Å². The molecule has 11 heavy (non-hydrogen) atoms. The maximum Gasteiger partial charge on any atom is 0.125 e. The molecule has 0 saturated heterocycles. The van der Waals surface area contributed by atoms with Crippen LogP contribution >= 0.6 is 0 Å². The zero-order valence-corrected chi connectivity index (χ0v) is 7.39. The first-order chi connectivity index (χ1) is 5.24. The second kappa shape index (κ2) is 3.46. The highest BCUT2D eigenvalue weighted by molar-refractivity contribution is 5.15. The molecule has 1 rings (SSSR count). The number of hydrogen-bond acceptors (Lipinski definition) is 2. The molecule has 0 N–H and O–H groups in total. The molecule has 1 aromatic heterocycles. The molecule has 0 fully saturated rings. The van der Waals surface area contributed by atoms with Crippen LogP contribution in [0, 0.1) is 13.8 Å². The third-order valence-electron chi connectivity index (χ3n) is 1.72. The first kappa shape index (κ1) is 8.18. The predicted octanol–water partition coefficient (Wildman–Crippen LogP) is 2.05. The summed E-state index contributed by atoms with van der Waals surface area (Å²) in [7, 11) is 0. The van der Waals surface area contributed by atoms with Gasteiger partial charge in [0.25, 0.3) is 0 Å². The standard InChI is InChI=1S/C9H14N2/c1-4-5-9-6-10-8(3)11-7(9)2/h6H,4-5H2,1-3H3. The van der Waals surface area contributed by atoms with Crippen LogP contribution in [0.5, 0.6) is 0 Å². The SMILES string of the molecule is CCCc1cnc(C)nc1C. The van der Waals surface area contributed by atoms with Gasteiger partial charge in [-0.15, -0.1) is 0 Å². The van der Waals surface area contributed by atoms with Gasteiger partial charge in [-0.25, -0.2) is 9.97 Å². The molecule has 1 aromatic rings. The fourth-order valence-electron chi connectivity index (χ4n) is 1.12. The van der Waals surface area contributed by atoms with Crippen LogP contribution < -0.4 is 0 Å². The lowest BCUT2D eigenvalue weighted by Crippen LogP contribution is -1.96. The molecule has 0 amide bonds. The van der Waals surface area contributed by atoms with Crippen molar-refractivity contribution in [2.45, 2.75) is 33.6 Å². The van der Waals surface area contributed by atoms with E-state index in [2.05, 4.69) is 16.9 Å². The fourth-order valence-corrected chi connectivity index (χ4v) is 1.12. The number of aromatic nitrogens is 2. The minimum Gasteiger partial charge on any atom is -0.241 e. The molecular weight excluding hydrogens is 136 g/mol. The molecule has 0 atom stereocenters. The summed E-state index contributed by atoms with van der Waals surface area (Å²) in [5.41, 5.74) is 2.40. The van der Waals surface area contributed by atoms with Gasteiger partial charge in [-0.3, -0.25) is 0 Å². The van der Waals surface area contributed by atoms with Gasteiger partial charge in [0.05, 0.1) is 0 Å². The van der Waals surface area contributed by atoms with E-state index in [1.807, 2.05) is 20.0 Å². The average molecular weight is 150 g/mol. The van der Waals surface area contributed by atoms with Gasteiger partial charge in [0.1, 0.15) is 5.82 Å². The van der Waals surface area contributed by atoms with Crippen LogP contribution in [0.15, 0.2) is 6.20 Å². The summed E-state index contributed by atoms with van der Waals surface area (Å²) in [5.74, 6) is 0.863. The third kappa shape index (κ3) is 2.00. The van der Waals surface area contributed by atoms with Crippen molar-refractivity contribution in [3.8, 4) is 0 Å². The van der Waals surface area contributed by atoms with Gasteiger partial charge in [-0.2, -0.15) is 0 Å². The molecule has 0 aromatic carbocycles. The van der Waals surface area contributed by atoms with Gasteiger partial charge >= 0.3 is 0 Å². The maximum atomic E-state index is 4.28. The second-order valence-corrected chi connectivity index (χ2v) is 2.78. The van der Waals surface area contributed by atoms with Gasteiger partial charge in [0.15, 0.2) is 0 Å². The van der Waals surface area contributed by atoms with Crippen molar-refractivity contribution in [2.24, 2.45) is 0 Å². The minimum atomic E-state index is 0.863. The number of hydrogen-bond donors (Lipinski definition) is 0. The molecule has 0 aliphatic carbocycles. The van der Waals surface area contributed by atoms with E-state index in [9.17, 15) is 0 Å². The van der Waals surface area contributed by atoms with Crippen molar-refractivity contribution in [1.29, 1.82) is 0 Å². The van der Waals surface area contributed by atoms with E-state index in [4.69, 9.17) is 0 Å². The van der Waals surface area contributed by atoms with E-state index in [1.54, 1.807) is 0 Å². The summed E-state index contributed by atoms with van der Waals surface area (Å²) in [5, 5.41) is 0. The summed E-state index contributed by atoms with van der Waals surface area (Å²) in [4.78, 5) is 8.43. The highest BCUT2D eigenvalue weighted by atomic mass is 14.9. The molecule has 2 heteroatoms. The lowest BCUT2D eigenvalue weighted by atomic mass is 10.1. The second-order valence-electron chi connectivity index (χ2n) is 2.78. The Morgan fingerprint density at radius 1 is 1.36 bits per heavy atom. The van der Waals surface area contributed by atoms with Crippen LogP contribution in [0.3, 0.4) is 0 Å². The minimum absolute atomic E-state index is 0.863. The van der Waals surface area contributed by atoms with Crippen LogP contribution in [-0.2, 0) is 6.42 Å². The molecule has 0 radical (unpaired) electrons. The molecule has 0 unspecified atom stereocenters.